The number of nitrogens with zero attached hydrogens (tertiary/aromatic N) is 1. The van der Waals surface area contributed by atoms with Gasteiger partial charge in [-0.3, -0.25) is 14.8 Å². The predicted molar refractivity (Wildman–Crippen MR) is 62.9 cm³/mol. The maximum atomic E-state index is 11.5. The van der Waals surface area contributed by atoms with E-state index in [2.05, 4.69) is 15.0 Å². The minimum Gasteiger partial charge on any atom is -0.313 e. The first-order chi connectivity index (χ1) is 7.18. The van der Waals surface area contributed by atoms with Crippen LogP contribution < -0.4 is 11.2 Å². The Labute approximate surface area is 97.0 Å². The van der Waals surface area contributed by atoms with Gasteiger partial charge in [0.15, 0.2) is 0 Å². The van der Waals surface area contributed by atoms with Crippen LogP contribution in [0.5, 0.6) is 0 Å². The second-order valence-corrected chi connectivity index (χ2v) is 3.18. The molecule has 0 amide bonds. The van der Waals surface area contributed by atoms with Gasteiger partial charge < -0.3 is 4.98 Å². The normalized spacial score (nSPS) is 9.56. The molecule has 2 heterocycles. The largest absolute Gasteiger partial charge is 0.325 e. The Bertz CT molecular complexity index is 603. The molecule has 16 heavy (non-hydrogen) atoms. The lowest BCUT2D eigenvalue weighted by molar-refractivity contribution is 1.04. The molecule has 2 rings (SSSR count). The summed E-state index contributed by atoms with van der Waals surface area (Å²) in [6, 6.07) is 1.81. The molecule has 0 saturated carbocycles. The minimum absolute atomic E-state index is 0. The number of rotatable bonds is 1. The van der Waals surface area contributed by atoms with Gasteiger partial charge in [0.05, 0.1) is 5.56 Å². The Kier molecular flexibility index (Phi) is 3.63. The van der Waals surface area contributed by atoms with E-state index in [9.17, 15) is 9.59 Å². The molecular formula is C10H10ClN3O2. The highest BCUT2D eigenvalue weighted by atomic mass is 35.5. The van der Waals surface area contributed by atoms with Crippen molar-refractivity contribution in [2.24, 2.45) is 0 Å². The average Bonchev–Trinajstić information content (AvgIpc) is 2.20. The number of nitrogens with one attached hydrogen (secondary N) is 2. The van der Waals surface area contributed by atoms with Crippen molar-refractivity contribution in [3.05, 3.63) is 51.1 Å². The summed E-state index contributed by atoms with van der Waals surface area (Å²) in [6.45, 7) is 1.88. The lowest BCUT2D eigenvalue weighted by Crippen LogP contribution is -2.22. The van der Waals surface area contributed by atoms with E-state index in [1.165, 1.54) is 6.20 Å². The summed E-state index contributed by atoms with van der Waals surface area (Å²) in [5.41, 5.74) is 1.15. The monoisotopic (exact) mass is 239 g/mol. The lowest BCUT2D eigenvalue weighted by atomic mass is 10.1. The third-order valence-corrected chi connectivity index (χ3v) is 2.15. The van der Waals surface area contributed by atoms with E-state index in [4.69, 9.17) is 0 Å². The third-order valence-electron chi connectivity index (χ3n) is 2.15. The molecular weight excluding hydrogens is 230 g/mol. The minimum atomic E-state index is -0.509. The van der Waals surface area contributed by atoms with E-state index < -0.39 is 11.2 Å². The number of aryl methyl sites for hydroxylation is 1. The van der Waals surface area contributed by atoms with Gasteiger partial charge in [-0.05, 0) is 18.6 Å². The van der Waals surface area contributed by atoms with Gasteiger partial charge in [0.2, 0.25) is 0 Å². The number of hydrogen-bond donors (Lipinski definition) is 2. The quantitative estimate of drug-likeness (QED) is 0.775. The third kappa shape index (κ3) is 2.20. The van der Waals surface area contributed by atoms with Crippen LogP contribution in [0.4, 0.5) is 0 Å². The molecule has 0 atom stereocenters. The Morgan fingerprint density at radius 3 is 2.62 bits per heavy atom. The zero-order valence-corrected chi connectivity index (χ0v) is 9.30. The zero-order valence-electron chi connectivity index (χ0n) is 8.48. The summed E-state index contributed by atoms with van der Waals surface area (Å²) in [5.74, 6) is 0. The summed E-state index contributed by atoms with van der Waals surface area (Å²) in [7, 11) is 0. The van der Waals surface area contributed by atoms with Crippen LogP contribution in [0.2, 0.25) is 0 Å². The van der Waals surface area contributed by atoms with E-state index in [0.717, 1.165) is 11.1 Å². The first-order valence-electron chi connectivity index (χ1n) is 4.41. The molecule has 0 bridgehead atoms. The second kappa shape index (κ2) is 4.76. The first kappa shape index (κ1) is 12.2. The number of pyridine rings is 1. The van der Waals surface area contributed by atoms with Crippen LogP contribution in [0.15, 0.2) is 34.2 Å². The van der Waals surface area contributed by atoms with E-state index in [1.807, 2.05) is 6.92 Å². The molecule has 2 N–H and O–H groups in total. The number of aromatic amines is 2. The van der Waals surface area contributed by atoms with E-state index >= 15 is 0 Å². The topological polar surface area (TPSA) is 78.6 Å². The highest BCUT2D eigenvalue weighted by Gasteiger charge is 2.05. The van der Waals surface area contributed by atoms with Crippen LogP contribution in [-0.2, 0) is 0 Å². The summed E-state index contributed by atoms with van der Waals surface area (Å²) in [6.07, 6.45) is 4.64. The van der Waals surface area contributed by atoms with Gasteiger partial charge in [-0.15, -0.1) is 12.4 Å². The molecule has 0 aromatic carbocycles. The molecule has 0 aliphatic rings. The predicted octanol–water partition coefficient (Wildman–Crippen LogP) is 0.855. The lowest BCUT2D eigenvalue weighted by Gasteiger charge is -2.02. The molecule has 0 spiro atoms. The maximum absolute atomic E-state index is 11.5. The molecule has 0 fully saturated rings. The number of halogens is 1. The average molecular weight is 240 g/mol. The molecule has 5 nitrogen and oxygen atoms in total. The van der Waals surface area contributed by atoms with Gasteiger partial charge in [-0.2, -0.15) is 0 Å². The van der Waals surface area contributed by atoms with Crippen LogP contribution in [-0.4, -0.2) is 15.0 Å². The van der Waals surface area contributed by atoms with Gasteiger partial charge in [0.1, 0.15) is 0 Å². The van der Waals surface area contributed by atoms with Crippen molar-refractivity contribution >= 4 is 12.4 Å². The van der Waals surface area contributed by atoms with Crippen molar-refractivity contribution in [3.8, 4) is 11.1 Å². The van der Waals surface area contributed by atoms with Crippen LogP contribution in [0, 0.1) is 6.92 Å². The fraction of sp³-hybridized carbons (Fsp3) is 0.100. The molecule has 2 aromatic heterocycles. The van der Waals surface area contributed by atoms with Gasteiger partial charge >= 0.3 is 5.69 Å². The summed E-state index contributed by atoms with van der Waals surface area (Å²) in [5, 5.41) is 0. The van der Waals surface area contributed by atoms with Crippen LogP contribution in [0.1, 0.15) is 5.56 Å². The van der Waals surface area contributed by atoms with Gasteiger partial charge in [0.25, 0.3) is 5.56 Å². The van der Waals surface area contributed by atoms with E-state index in [-0.39, 0.29) is 12.4 Å². The fourth-order valence-electron chi connectivity index (χ4n) is 1.36. The number of H-pyrrole nitrogens is 2. The van der Waals surface area contributed by atoms with Gasteiger partial charge in [0, 0.05) is 24.2 Å². The molecule has 0 aliphatic carbocycles. The van der Waals surface area contributed by atoms with Crippen molar-refractivity contribution < 1.29 is 0 Å². The van der Waals surface area contributed by atoms with Crippen molar-refractivity contribution in [1.82, 2.24) is 15.0 Å². The van der Waals surface area contributed by atoms with Crippen LogP contribution >= 0.6 is 12.4 Å². The van der Waals surface area contributed by atoms with Gasteiger partial charge in [-0.25, -0.2) is 4.79 Å². The highest BCUT2D eigenvalue weighted by Crippen LogP contribution is 2.16. The summed E-state index contributed by atoms with van der Waals surface area (Å²) < 4.78 is 0. The Hall–Kier alpha value is -1.88. The highest BCUT2D eigenvalue weighted by molar-refractivity contribution is 5.85. The molecule has 0 aliphatic heterocycles. The zero-order chi connectivity index (χ0) is 10.8. The molecule has 2 aromatic rings. The van der Waals surface area contributed by atoms with Crippen molar-refractivity contribution in [3.63, 3.8) is 0 Å². The molecule has 0 radical (unpaired) electrons. The fourth-order valence-corrected chi connectivity index (χ4v) is 1.36. The van der Waals surface area contributed by atoms with Crippen LogP contribution in [0.3, 0.4) is 0 Å². The van der Waals surface area contributed by atoms with Crippen molar-refractivity contribution in [1.29, 1.82) is 0 Å². The van der Waals surface area contributed by atoms with Gasteiger partial charge in [-0.1, -0.05) is 0 Å². The summed E-state index contributed by atoms with van der Waals surface area (Å²) in [4.78, 5) is 30.9. The van der Waals surface area contributed by atoms with Crippen molar-refractivity contribution in [2.75, 3.05) is 0 Å². The van der Waals surface area contributed by atoms with E-state index in [0.29, 0.717) is 5.56 Å². The van der Waals surface area contributed by atoms with Crippen molar-refractivity contribution in [2.45, 2.75) is 6.92 Å². The summed E-state index contributed by atoms with van der Waals surface area (Å²) >= 11 is 0. The number of aromatic nitrogens is 3. The first-order valence-corrected chi connectivity index (χ1v) is 4.41. The molecule has 84 valence electrons. The molecule has 0 unspecified atom stereocenters. The number of hydrogen-bond acceptors (Lipinski definition) is 3. The smallest absolute Gasteiger partial charge is 0.313 e. The maximum Gasteiger partial charge on any atom is 0.325 e. The molecule has 0 saturated heterocycles. The Morgan fingerprint density at radius 2 is 2.00 bits per heavy atom. The van der Waals surface area contributed by atoms with E-state index in [1.54, 1.807) is 18.5 Å². The Balaban J connectivity index is 0.00000128. The SMILES string of the molecule is Cc1ccncc1-c1c[nH]c(=O)[nH]c1=O.Cl. The molecule has 6 heteroatoms. The Morgan fingerprint density at radius 1 is 1.25 bits per heavy atom. The van der Waals surface area contributed by atoms with Crippen LogP contribution in [0.25, 0.3) is 11.1 Å². The standard InChI is InChI=1S/C10H9N3O2.ClH/c1-6-2-3-11-4-7(6)8-5-12-10(15)13-9(8)14;/h2-5H,1H3,(H2,12,13,14,15);1H. The second-order valence-electron chi connectivity index (χ2n) is 3.18.